The van der Waals surface area contributed by atoms with Gasteiger partial charge in [0.05, 0.1) is 16.7 Å². The molecule has 0 N–H and O–H groups in total. The minimum atomic E-state index is -2.21. The molecule has 6 nitrogen and oxygen atoms in total. The van der Waals surface area contributed by atoms with E-state index in [-0.39, 0.29) is 20.4 Å². The van der Waals surface area contributed by atoms with Crippen LogP contribution >= 0.6 is 0 Å². The number of rotatable bonds is 4. The van der Waals surface area contributed by atoms with Gasteiger partial charge in [0.2, 0.25) is 0 Å². The number of pyridine rings is 2. The Balaban J connectivity index is 0.00000361. The van der Waals surface area contributed by atoms with E-state index in [0.717, 1.165) is 50.2 Å². The quantitative estimate of drug-likeness (QED) is 0.101. The van der Waals surface area contributed by atoms with Gasteiger partial charge in [-0.15, -0.1) is 30.3 Å². The number of hydrogen-bond donors (Lipinski definition) is 0. The Hall–Kier alpha value is -6.04. The third-order valence-corrected chi connectivity index (χ3v) is 14.3. The number of hydrogen-bond acceptors (Lipinski definition) is 4. The molecule has 0 unspecified atom stereocenters. The van der Waals surface area contributed by atoms with Gasteiger partial charge in [-0.1, -0.05) is 96.3 Å². The fraction of sp³-hybridized carbons (Fsp3) is 0.0435. The monoisotopic (exact) mass is 803 g/mol. The summed E-state index contributed by atoms with van der Waals surface area (Å²) in [6, 6.07) is 54.2. The van der Waals surface area contributed by atoms with Crippen molar-refractivity contribution >= 4 is 84.8 Å². The predicted octanol–water partition coefficient (Wildman–Crippen LogP) is 10.1. The van der Waals surface area contributed by atoms with Gasteiger partial charge in [-0.25, -0.2) is 4.98 Å². The molecular formula is C46H31N5OPdSi. The molecule has 8 heteroatoms. The van der Waals surface area contributed by atoms with Crippen molar-refractivity contribution in [1.82, 2.24) is 18.9 Å². The molecule has 0 atom stereocenters. The third kappa shape index (κ3) is 4.74. The maximum atomic E-state index is 6.56. The van der Waals surface area contributed by atoms with E-state index in [2.05, 4.69) is 154 Å². The van der Waals surface area contributed by atoms with Crippen molar-refractivity contribution in [3.05, 3.63) is 164 Å². The molecule has 5 heterocycles. The predicted molar refractivity (Wildman–Crippen MR) is 218 cm³/mol. The van der Waals surface area contributed by atoms with Gasteiger partial charge >= 0.3 is 20.4 Å². The van der Waals surface area contributed by atoms with Crippen molar-refractivity contribution in [2.45, 2.75) is 13.1 Å². The maximum absolute atomic E-state index is 6.56. The zero-order valence-corrected chi connectivity index (χ0v) is 31.9. The molecule has 1 aliphatic heterocycles. The molecular weight excluding hydrogens is 773 g/mol. The third-order valence-electron chi connectivity index (χ3n) is 10.8. The molecule has 0 radical (unpaired) electrons. The van der Waals surface area contributed by atoms with Gasteiger partial charge in [0.1, 0.15) is 13.9 Å². The van der Waals surface area contributed by atoms with Crippen molar-refractivity contribution < 1.29 is 25.2 Å². The molecule has 4 aromatic heterocycles. The molecule has 10 aromatic rings. The summed E-state index contributed by atoms with van der Waals surface area (Å²) in [5.74, 6) is 2.15. The Labute approximate surface area is 326 Å². The number of anilines is 3. The molecule has 0 amide bonds. The van der Waals surface area contributed by atoms with Crippen LogP contribution in [0.3, 0.4) is 0 Å². The van der Waals surface area contributed by atoms with Gasteiger partial charge in [0, 0.05) is 57.8 Å². The maximum Gasteiger partial charge on any atom is 2.00 e. The van der Waals surface area contributed by atoms with E-state index in [1.807, 2.05) is 36.8 Å². The zero-order valence-electron chi connectivity index (χ0n) is 29.4. The van der Waals surface area contributed by atoms with E-state index in [0.29, 0.717) is 11.5 Å². The number of imidazole rings is 1. The van der Waals surface area contributed by atoms with Crippen LogP contribution in [0, 0.1) is 12.1 Å². The van der Waals surface area contributed by atoms with Crippen LogP contribution in [0.4, 0.5) is 17.2 Å². The topological polar surface area (TPSA) is 47.6 Å². The Kier molecular flexibility index (Phi) is 7.40. The molecule has 6 aromatic carbocycles. The second kappa shape index (κ2) is 12.3. The van der Waals surface area contributed by atoms with Gasteiger partial charge < -0.3 is 18.6 Å². The first-order valence-electron chi connectivity index (χ1n) is 17.8. The molecule has 260 valence electrons. The second-order valence-corrected chi connectivity index (χ2v) is 18.5. The van der Waals surface area contributed by atoms with Crippen LogP contribution in [0.2, 0.25) is 13.1 Å². The van der Waals surface area contributed by atoms with E-state index in [4.69, 9.17) is 14.7 Å². The van der Waals surface area contributed by atoms with E-state index in [1.54, 1.807) is 0 Å². The molecule has 0 spiro atoms. The molecule has 11 rings (SSSR count). The normalized spacial score (nSPS) is 13.3. The zero-order chi connectivity index (χ0) is 35.3. The number of nitrogens with zero attached hydrogens (tertiary/aromatic N) is 5. The largest absolute Gasteiger partial charge is 2.00 e. The van der Waals surface area contributed by atoms with Crippen molar-refractivity contribution in [3.8, 4) is 17.2 Å². The first kappa shape index (κ1) is 32.6. The van der Waals surface area contributed by atoms with Gasteiger partial charge in [-0.3, -0.25) is 4.98 Å². The molecule has 0 aliphatic carbocycles. The average Bonchev–Trinajstić information content (AvgIpc) is 3.82. The summed E-state index contributed by atoms with van der Waals surface area (Å²) in [7, 11) is -2.21. The van der Waals surface area contributed by atoms with E-state index < -0.39 is 8.07 Å². The van der Waals surface area contributed by atoms with Crippen molar-refractivity contribution in [2.75, 3.05) is 4.90 Å². The number of benzene rings is 6. The summed E-state index contributed by atoms with van der Waals surface area (Å²) in [4.78, 5) is 12.0. The van der Waals surface area contributed by atoms with E-state index >= 15 is 0 Å². The second-order valence-electron chi connectivity index (χ2n) is 14.2. The summed E-state index contributed by atoms with van der Waals surface area (Å²) >= 11 is 0. The molecule has 0 fully saturated rings. The van der Waals surface area contributed by atoms with Gasteiger partial charge in [0.15, 0.2) is 0 Å². The Morgan fingerprint density at radius 2 is 1.35 bits per heavy atom. The summed E-state index contributed by atoms with van der Waals surface area (Å²) in [6.45, 7) is 4.87. The summed E-state index contributed by atoms with van der Waals surface area (Å²) < 4.78 is 11.1. The van der Waals surface area contributed by atoms with Crippen molar-refractivity contribution in [3.63, 3.8) is 0 Å². The summed E-state index contributed by atoms with van der Waals surface area (Å²) in [5, 5.41) is 8.20. The van der Waals surface area contributed by atoms with Crippen molar-refractivity contribution in [2.24, 2.45) is 0 Å². The molecule has 54 heavy (non-hydrogen) atoms. The minimum Gasteiger partial charge on any atom is -0.503 e. The van der Waals surface area contributed by atoms with Crippen LogP contribution in [0.5, 0.6) is 11.5 Å². The molecule has 0 saturated carbocycles. The van der Waals surface area contributed by atoms with Crippen LogP contribution in [0.1, 0.15) is 0 Å². The minimum absolute atomic E-state index is 0. The van der Waals surface area contributed by atoms with Gasteiger partial charge in [0.25, 0.3) is 0 Å². The molecule has 1 aliphatic rings. The first-order chi connectivity index (χ1) is 26.0. The molecule has 0 saturated heterocycles. The van der Waals surface area contributed by atoms with E-state index in [1.165, 1.54) is 32.2 Å². The first-order valence-corrected chi connectivity index (χ1v) is 20.8. The van der Waals surface area contributed by atoms with Crippen LogP contribution in [-0.2, 0) is 20.4 Å². The SMILES string of the molecule is C[Si]1(C)c2cc3c(cc2N(c2[c-]c(Oc4[c-]c5c(cc4)c4ccccc4n4ccnc54)ccc2)c2ncccc21)c1ccccc1n3-c1ccccc1.[Pd+2]. The summed E-state index contributed by atoms with van der Waals surface area (Å²) in [5.41, 5.74) is 7.50. The smallest absolute Gasteiger partial charge is 0.503 e. The van der Waals surface area contributed by atoms with Gasteiger partial charge in [-0.05, 0) is 58.2 Å². The number of para-hydroxylation sites is 3. The fourth-order valence-electron chi connectivity index (χ4n) is 8.38. The van der Waals surface area contributed by atoms with Crippen LogP contribution in [0.25, 0.3) is 54.8 Å². The Morgan fingerprint density at radius 3 is 2.20 bits per heavy atom. The number of ether oxygens (including phenoxy) is 1. The van der Waals surface area contributed by atoms with Crippen molar-refractivity contribution in [1.29, 1.82) is 0 Å². The van der Waals surface area contributed by atoms with Gasteiger partial charge in [-0.2, -0.15) is 6.07 Å². The standard InChI is InChI=1S/C46H31N5OSi.Pd/c1-53(2)43-20-11-23-47-46(43)51(42-28-37-36-17-7-9-19-40(36)50(41(37)29-44(42)53)30-12-4-3-5-13-30)31-14-10-15-32(26-31)52-33-21-22-34-35-16-6-8-18-39(35)49-25-24-48-45(49)38(34)27-33;/h3-25,28-29H,1-2H3;/q-2;+2. The van der Waals surface area contributed by atoms with Crippen LogP contribution in [-0.4, -0.2) is 27.0 Å². The number of aromatic nitrogens is 4. The fourth-order valence-corrected chi connectivity index (χ4v) is 11.2. The average molecular weight is 804 g/mol. The van der Waals surface area contributed by atoms with Crippen LogP contribution < -0.4 is 20.0 Å². The van der Waals surface area contributed by atoms with E-state index in [9.17, 15) is 0 Å². The van der Waals surface area contributed by atoms with Crippen LogP contribution in [0.15, 0.2) is 152 Å². The number of fused-ring (bicyclic) bond motifs is 11. The Morgan fingerprint density at radius 1 is 0.593 bits per heavy atom. The molecule has 0 bridgehead atoms. The summed E-state index contributed by atoms with van der Waals surface area (Å²) in [6.07, 6.45) is 5.72. The Bertz CT molecular complexity index is 3100.